The summed E-state index contributed by atoms with van der Waals surface area (Å²) in [5.41, 5.74) is 3.38. The predicted octanol–water partition coefficient (Wildman–Crippen LogP) is 5.85. The highest BCUT2D eigenvalue weighted by Gasteiger charge is 2.31. The maximum atomic E-state index is 13.0. The van der Waals surface area contributed by atoms with Crippen LogP contribution in [-0.2, 0) is 16.4 Å². The third kappa shape index (κ3) is 7.84. The highest BCUT2D eigenvalue weighted by molar-refractivity contribution is 7.93. The Morgan fingerprint density at radius 2 is 1.79 bits per heavy atom. The molecule has 39 heavy (non-hydrogen) atoms. The van der Waals surface area contributed by atoms with E-state index in [-0.39, 0.29) is 18.0 Å². The molecule has 9 heteroatoms. The standard InChI is InChI=1S/C30H46N4O4S/c1-5-7-9-11-23(3)37-29-14-13-24(21-28(29)34-17-10-20-39(34,35)36)26-22-30(32-31-27(26)12-8-6-2)38-25-15-18-33(4)19-16-25/h13-14,21-23,25H,5-12,15-20H2,1-4H3. The molecule has 2 aliphatic heterocycles. The third-order valence-corrected chi connectivity index (χ3v) is 9.60. The minimum absolute atomic E-state index is 0.00343. The molecule has 1 aromatic carbocycles. The lowest BCUT2D eigenvalue weighted by atomic mass is 10.0. The van der Waals surface area contributed by atoms with Crippen molar-refractivity contribution in [2.45, 2.75) is 97.2 Å². The number of anilines is 1. The molecule has 1 atom stereocenters. The van der Waals surface area contributed by atoms with E-state index in [2.05, 4.69) is 42.9 Å². The van der Waals surface area contributed by atoms with Crippen LogP contribution in [0.1, 0.15) is 84.3 Å². The summed E-state index contributed by atoms with van der Waals surface area (Å²) in [6, 6.07) is 7.90. The van der Waals surface area contributed by atoms with Crippen molar-refractivity contribution in [1.82, 2.24) is 15.1 Å². The molecule has 0 bridgehead atoms. The van der Waals surface area contributed by atoms with Crippen molar-refractivity contribution in [2.75, 3.05) is 36.7 Å². The minimum Gasteiger partial charge on any atom is -0.489 e. The van der Waals surface area contributed by atoms with Crippen LogP contribution >= 0.6 is 0 Å². The molecule has 0 spiro atoms. The van der Waals surface area contributed by atoms with Gasteiger partial charge in [-0.3, -0.25) is 4.31 Å². The monoisotopic (exact) mass is 558 g/mol. The molecule has 8 nitrogen and oxygen atoms in total. The molecule has 3 heterocycles. The summed E-state index contributed by atoms with van der Waals surface area (Å²) in [5, 5.41) is 9.02. The van der Waals surface area contributed by atoms with E-state index in [1.165, 1.54) is 4.31 Å². The van der Waals surface area contributed by atoms with Crippen molar-refractivity contribution in [2.24, 2.45) is 0 Å². The maximum absolute atomic E-state index is 13.0. The Kier molecular flexibility index (Phi) is 10.5. The summed E-state index contributed by atoms with van der Waals surface area (Å²) >= 11 is 0. The molecule has 0 radical (unpaired) electrons. The van der Waals surface area contributed by atoms with Gasteiger partial charge in [0, 0.05) is 31.3 Å². The summed E-state index contributed by atoms with van der Waals surface area (Å²) in [6.45, 7) is 8.89. The smallest absolute Gasteiger partial charge is 0.235 e. The Labute approximate surface area is 235 Å². The summed E-state index contributed by atoms with van der Waals surface area (Å²) in [5.74, 6) is 1.31. The number of unbranched alkanes of at least 4 members (excludes halogenated alkanes) is 3. The zero-order valence-corrected chi connectivity index (χ0v) is 25.0. The summed E-state index contributed by atoms with van der Waals surface area (Å²) in [7, 11) is -1.24. The van der Waals surface area contributed by atoms with E-state index in [0.717, 1.165) is 87.7 Å². The Hall–Kier alpha value is -2.39. The molecule has 0 aliphatic carbocycles. The molecule has 0 amide bonds. The number of aryl methyl sites for hydroxylation is 1. The van der Waals surface area contributed by atoms with E-state index in [0.29, 0.717) is 30.3 Å². The number of benzene rings is 1. The molecule has 0 N–H and O–H groups in total. The molecule has 2 fully saturated rings. The van der Waals surface area contributed by atoms with Crippen molar-refractivity contribution in [1.29, 1.82) is 0 Å². The van der Waals surface area contributed by atoms with Crippen molar-refractivity contribution in [3.63, 3.8) is 0 Å². The third-order valence-electron chi connectivity index (χ3n) is 7.75. The van der Waals surface area contributed by atoms with Crippen molar-refractivity contribution in [3.05, 3.63) is 30.0 Å². The van der Waals surface area contributed by atoms with Gasteiger partial charge in [0.05, 0.1) is 23.2 Å². The van der Waals surface area contributed by atoms with Gasteiger partial charge in [0.1, 0.15) is 11.9 Å². The Morgan fingerprint density at radius 1 is 1.03 bits per heavy atom. The van der Waals surface area contributed by atoms with E-state index in [4.69, 9.17) is 9.47 Å². The second kappa shape index (κ2) is 13.8. The van der Waals surface area contributed by atoms with Gasteiger partial charge < -0.3 is 14.4 Å². The van der Waals surface area contributed by atoms with E-state index in [1.54, 1.807) is 0 Å². The molecule has 2 saturated heterocycles. The Bertz CT molecular complexity index is 1180. The average Bonchev–Trinajstić information content (AvgIpc) is 3.28. The van der Waals surface area contributed by atoms with Crippen LogP contribution in [0, 0.1) is 0 Å². The lowest BCUT2D eigenvalue weighted by molar-refractivity contribution is 0.109. The molecule has 1 aromatic heterocycles. The molecule has 216 valence electrons. The van der Waals surface area contributed by atoms with Crippen LogP contribution in [0.2, 0.25) is 0 Å². The van der Waals surface area contributed by atoms with Gasteiger partial charge in [0.2, 0.25) is 15.9 Å². The number of rotatable bonds is 13. The van der Waals surface area contributed by atoms with Crippen molar-refractivity contribution < 1.29 is 17.9 Å². The first-order valence-electron chi connectivity index (χ1n) is 14.8. The number of hydrogen-bond donors (Lipinski definition) is 0. The number of nitrogens with zero attached hydrogens (tertiary/aromatic N) is 4. The number of piperidine rings is 1. The first-order chi connectivity index (χ1) is 18.8. The number of ether oxygens (including phenoxy) is 2. The predicted molar refractivity (Wildman–Crippen MR) is 157 cm³/mol. The normalized spacial score (nSPS) is 18.8. The molecule has 1 unspecified atom stereocenters. The van der Waals surface area contributed by atoms with Gasteiger partial charge >= 0.3 is 0 Å². The zero-order chi connectivity index (χ0) is 27.8. The lowest BCUT2D eigenvalue weighted by Crippen LogP contribution is -2.35. The van der Waals surface area contributed by atoms with Gasteiger partial charge in [-0.2, -0.15) is 5.10 Å². The van der Waals surface area contributed by atoms with Crippen molar-refractivity contribution >= 4 is 15.7 Å². The van der Waals surface area contributed by atoms with Crippen LogP contribution < -0.4 is 13.8 Å². The summed E-state index contributed by atoms with van der Waals surface area (Å²) < 4.78 is 40.1. The minimum atomic E-state index is -3.38. The number of likely N-dealkylation sites (tertiary alicyclic amines) is 1. The van der Waals surface area contributed by atoms with Gasteiger partial charge in [0.25, 0.3) is 0 Å². The second-order valence-corrected chi connectivity index (χ2v) is 13.1. The van der Waals surface area contributed by atoms with Crippen LogP contribution in [0.3, 0.4) is 0 Å². The molecular weight excluding hydrogens is 512 g/mol. The number of hydrogen-bond acceptors (Lipinski definition) is 7. The first kappa shape index (κ1) is 29.6. The van der Waals surface area contributed by atoms with Crippen LogP contribution in [-0.4, -0.2) is 68.2 Å². The Morgan fingerprint density at radius 3 is 2.49 bits per heavy atom. The molecule has 2 aromatic rings. The van der Waals surface area contributed by atoms with Crippen LogP contribution in [0.25, 0.3) is 11.1 Å². The fourth-order valence-electron chi connectivity index (χ4n) is 5.36. The first-order valence-corrected chi connectivity index (χ1v) is 16.4. The summed E-state index contributed by atoms with van der Waals surface area (Å²) in [4.78, 5) is 2.31. The van der Waals surface area contributed by atoms with Gasteiger partial charge in [-0.1, -0.05) is 39.2 Å². The van der Waals surface area contributed by atoms with Gasteiger partial charge in [-0.05, 0) is 76.6 Å². The fraction of sp³-hybridized carbons (Fsp3) is 0.667. The highest BCUT2D eigenvalue weighted by Crippen LogP contribution is 2.39. The Balaban J connectivity index is 1.68. The zero-order valence-electron chi connectivity index (χ0n) is 24.2. The van der Waals surface area contributed by atoms with E-state index < -0.39 is 10.0 Å². The highest BCUT2D eigenvalue weighted by atomic mass is 32.2. The molecule has 0 saturated carbocycles. The average molecular weight is 559 g/mol. The fourth-order valence-corrected chi connectivity index (χ4v) is 6.92. The molecule has 2 aliphatic rings. The van der Waals surface area contributed by atoms with Gasteiger partial charge in [-0.25, -0.2) is 8.42 Å². The van der Waals surface area contributed by atoms with E-state index >= 15 is 0 Å². The quantitative estimate of drug-likeness (QED) is 0.285. The number of sulfonamides is 1. The second-order valence-electron chi connectivity index (χ2n) is 11.1. The molecule has 4 rings (SSSR count). The van der Waals surface area contributed by atoms with Crippen molar-refractivity contribution in [3.8, 4) is 22.8 Å². The van der Waals surface area contributed by atoms with E-state index in [9.17, 15) is 8.42 Å². The largest absolute Gasteiger partial charge is 0.489 e. The maximum Gasteiger partial charge on any atom is 0.235 e. The van der Waals surface area contributed by atoms with Crippen LogP contribution in [0.5, 0.6) is 11.6 Å². The lowest BCUT2D eigenvalue weighted by Gasteiger charge is -2.29. The topological polar surface area (TPSA) is 84.9 Å². The number of aromatic nitrogens is 2. The van der Waals surface area contributed by atoms with Gasteiger partial charge in [0.15, 0.2) is 0 Å². The van der Waals surface area contributed by atoms with Crippen LogP contribution in [0.15, 0.2) is 24.3 Å². The van der Waals surface area contributed by atoms with Crippen LogP contribution in [0.4, 0.5) is 5.69 Å². The SMILES string of the molecule is CCCCCC(C)Oc1ccc(-c2cc(OC3CCN(C)CC3)nnc2CCCC)cc1N1CCCS1(=O)=O. The van der Waals surface area contributed by atoms with E-state index in [1.807, 2.05) is 24.3 Å². The van der Waals surface area contributed by atoms with Gasteiger partial charge in [-0.15, -0.1) is 5.10 Å². The summed E-state index contributed by atoms with van der Waals surface area (Å²) in [6.07, 6.45) is 9.88. The molecular formula is C30H46N4O4S.